The summed E-state index contributed by atoms with van der Waals surface area (Å²) in [6, 6.07) is 4.85. The lowest BCUT2D eigenvalue weighted by Crippen LogP contribution is -2.42. The molecule has 1 aliphatic heterocycles. The Morgan fingerprint density at radius 1 is 1.08 bits per heavy atom. The minimum absolute atomic E-state index is 0.123. The lowest BCUT2D eigenvalue weighted by atomic mass is 9.94. The first kappa shape index (κ1) is 16.1. The van der Waals surface area contributed by atoms with Crippen molar-refractivity contribution in [2.24, 2.45) is 0 Å². The quantitative estimate of drug-likeness (QED) is 0.364. The van der Waals surface area contributed by atoms with Crippen molar-refractivity contribution < 1.29 is 19.3 Å². The standard InChI is InChI=1S/C16H17N3O5/c20-14-15(21)18(12-6-2-1-3-7-12)16(22)17(14)10-11-5-4-8-13(9-11)19(23)24/h4-5,8-9,12H,1-3,6-7,10H2. The summed E-state index contributed by atoms with van der Waals surface area (Å²) in [7, 11) is 0. The van der Waals surface area contributed by atoms with E-state index in [0.717, 1.165) is 41.9 Å². The fraction of sp³-hybridized carbons (Fsp3) is 0.438. The number of nitro groups is 1. The summed E-state index contributed by atoms with van der Waals surface area (Å²) in [5.74, 6) is -1.66. The van der Waals surface area contributed by atoms with Crippen LogP contribution in [0.1, 0.15) is 37.7 Å². The van der Waals surface area contributed by atoms with Crippen LogP contribution >= 0.6 is 0 Å². The molecule has 1 saturated heterocycles. The Kier molecular flexibility index (Phi) is 4.28. The van der Waals surface area contributed by atoms with Gasteiger partial charge in [0.15, 0.2) is 0 Å². The SMILES string of the molecule is O=C1C(=O)N(C2CCCCC2)C(=O)N1Cc1cccc([N+](=O)[O-])c1. The average molecular weight is 331 g/mol. The predicted octanol–water partition coefficient (Wildman–Crippen LogP) is 2.22. The number of urea groups is 1. The molecule has 8 nitrogen and oxygen atoms in total. The molecule has 0 atom stereocenters. The van der Waals surface area contributed by atoms with Crippen molar-refractivity contribution in [3.05, 3.63) is 39.9 Å². The summed E-state index contributed by atoms with van der Waals surface area (Å²) in [5, 5.41) is 10.8. The largest absolute Gasteiger partial charge is 0.334 e. The Labute approximate surface area is 138 Å². The third-order valence-electron chi connectivity index (χ3n) is 4.49. The lowest BCUT2D eigenvalue weighted by molar-refractivity contribution is -0.384. The van der Waals surface area contributed by atoms with Crippen molar-refractivity contribution in [1.29, 1.82) is 0 Å². The van der Waals surface area contributed by atoms with Gasteiger partial charge in [0, 0.05) is 18.2 Å². The van der Waals surface area contributed by atoms with Crippen LogP contribution < -0.4 is 0 Å². The topological polar surface area (TPSA) is 101 Å². The van der Waals surface area contributed by atoms with Gasteiger partial charge in [-0.2, -0.15) is 0 Å². The highest BCUT2D eigenvalue weighted by molar-refractivity contribution is 6.44. The minimum Gasteiger partial charge on any atom is -0.263 e. The molecule has 1 aromatic carbocycles. The van der Waals surface area contributed by atoms with Gasteiger partial charge >= 0.3 is 17.8 Å². The van der Waals surface area contributed by atoms with Gasteiger partial charge in [0.1, 0.15) is 0 Å². The van der Waals surface area contributed by atoms with Crippen molar-refractivity contribution in [2.75, 3.05) is 0 Å². The number of nitro benzene ring substituents is 1. The molecule has 1 heterocycles. The molecule has 0 bridgehead atoms. The van der Waals surface area contributed by atoms with Crippen LogP contribution in [0.15, 0.2) is 24.3 Å². The van der Waals surface area contributed by atoms with Crippen LogP contribution in [0.25, 0.3) is 0 Å². The number of benzene rings is 1. The second kappa shape index (κ2) is 6.38. The third kappa shape index (κ3) is 2.86. The Bertz CT molecular complexity index is 711. The number of nitrogens with zero attached hydrogens (tertiary/aromatic N) is 3. The zero-order valence-corrected chi connectivity index (χ0v) is 13.0. The molecule has 2 fully saturated rings. The van der Waals surface area contributed by atoms with Gasteiger partial charge in [-0.3, -0.25) is 29.5 Å². The molecule has 2 aliphatic rings. The fourth-order valence-electron chi connectivity index (χ4n) is 3.27. The minimum atomic E-state index is -0.864. The average Bonchev–Trinajstić information content (AvgIpc) is 2.79. The molecule has 0 aromatic heterocycles. The van der Waals surface area contributed by atoms with Crippen LogP contribution in [0.3, 0.4) is 0 Å². The Balaban J connectivity index is 1.80. The maximum absolute atomic E-state index is 12.5. The molecular formula is C16H17N3O5. The fourth-order valence-corrected chi connectivity index (χ4v) is 3.27. The first-order chi connectivity index (χ1) is 11.5. The van der Waals surface area contributed by atoms with E-state index in [1.54, 1.807) is 6.07 Å². The van der Waals surface area contributed by atoms with E-state index in [4.69, 9.17) is 0 Å². The number of hydrogen-bond donors (Lipinski definition) is 0. The normalized spacial score (nSPS) is 19.2. The summed E-state index contributed by atoms with van der Waals surface area (Å²) in [4.78, 5) is 49.1. The summed E-state index contributed by atoms with van der Waals surface area (Å²) < 4.78 is 0. The zero-order chi connectivity index (χ0) is 17.3. The van der Waals surface area contributed by atoms with Gasteiger partial charge in [-0.1, -0.05) is 31.4 Å². The van der Waals surface area contributed by atoms with Gasteiger partial charge < -0.3 is 0 Å². The second-order valence-electron chi connectivity index (χ2n) is 6.07. The van der Waals surface area contributed by atoms with Crippen molar-refractivity contribution in [1.82, 2.24) is 9.80 Å². The number of carbonyl (C=O) groups excluding carboxylic acids is 3. The van der Waals surface area contributed by atoms with Gasteiger partial charge in [0.2, 0.25) is 0 Å². The molecule has 0 spiro atoms. The molecule has 126 valence electrons. The molecule has 3 rings (SSSR count). The maximum Gasteiger partial charge on any atom is 0.334 e. The molecule has 4 amide bonds. The van der Waals surface area contributed by atoms with Crippen LogP contribution in [0.5, 0.6) is 0 Å². The number of carbonyl (C=O) groups is 3. The van der Waals surface area contributed by atoms with Crippen molar-refractivity contribution >= 4 is 23.5 Å². The molecule has 0 N–H and O–H groups in total. The molecule has 8 heteroatoms. The number of rotatable bonds is 4. The summed E-state index contributed by atoms with van der Waals surface area (Å²) in [6.45, 7) is -0.145. The van der Waals surface area contributed by atoms with E-state index < -0.39 is 22.8 Å². The Hall–Kier alpha value is -2.77. The van der Waals surface area contributed by atoms with Crippen LogP contribution in [-0.2, 0) is 16.1 Å². The second-order valence-corrected chi connectivity index (χ2v) is 6.07. The van der Waals surface area contributed by atoms with Crippen molar-refractivity contribution in [3.8, 4) is 0 Å². The van der Waals surface area contributed by atoms with Crippen molar-refractivity contribution in [2.45, 2.75) is 44.7 Å². The maximum atomic E-state index is 12.5. The number of imide groups is 2. The lowest BCUT2D eigenvalue weighted by Gasteiger charge is -2.28. The number of non-ortho nitro benzene ring substituents is 1. The Morgan fingerprint density at radius 2 is 1.79 bits per heavy atom. The third-order valence-corrected chi connectivity index (χ3v) is 4.49. The molecule has 1 saturated carbocycles. The van der Waals surface area contributed by atoms with Crippen LogP contribution in [0.4, 0.5) is 10.5 Å². The molecule has 1 aromatic rings. The highest BCUT2D eigenvalue weighted by Gasteiger charge is 2.47. The predicted molar refractivity (Wildman–Crippen MR) is 82.8 cm³/mol. The van der Waals surface area contributed by atoms with Gasteiger partial charge in [-0.05, 0) is 18.4 Å². The molecule has 0 unspecified atom stereocenters. The first-order valence-electron chi connectivity index (χ1n) is 7.91. The van der Waals surface area contributed by atoms with Crippen LogP contribution in [0.2, 0.25) is 0 Å². The molecule has 1 aliphatic carbocycles. The van der Waals surface area contributed by atoms with Gasteiger partial charge in [0.05, 0.1) is 11.5 Å². The molecular weight excluding hydrogens is 314 g/mol. The number of hydrogen-bond acceptors (Lipinski definition) is 5. The van der Waals surface area contributed by atoms with E-state index in [-0.39, 0.29) is 18.3 Å². The van der Waals surface area contributed by atoms with E-state index >= 15 is 0 Å². The Morgan fingerprint density at radius 3 is 2.46 bits per heavy atom. The first-order valence-corrected chi connectivity index (χ1v) is 7.91. The van der Waals surface area contributed by atoms with Crippen LogP contribution in [0, 0.1) is 10.1 Å². The smallest absolute Gasteiger partial charge is 0.263 e. The monoisotopic (exact) mass is 331 g/mol. The van der Waals surface area contributed by atoms with E-state index in [2.05, 4.69) is 0 Å². The highest BCUT2D eigenvalue weighted by atomic mass is 16.6. The summed E-state index contributed by atoms with van der Waals surface area (Å²) in [6.07, 6.45) is 4.37. The van der Waals surface area contributed by atoms with E-state index in [1.807, 2.05) is 0 Å². The zero-order valence-electron chi connectivity index (χ0n) is 13.0. The number of amides is 4. The van der Waals surface area contributed by atoms with Crippen molar-refractivity contribution in [3.63, 3.8) is 0 Å². The van der Waals surface area contributed by atoms with E-state index in [0.29, 0.717) is 5.56 Å². The highest BCUT2D eigenvalue weighted by Crippen LogP contribution is 2.28. The molecule has 0 radical (unpaired) electrons. The summed E-state index contributed by atoms with van der Waals surface area (Å²) >= 11 is 0. The van der Waals surface area contributed by atoms with Gasteiger partial charge in [-0.15, -0.1) is 0 Å². The van der Waals surface area contributed by atoms with Gasteiger partial charge in [0.25, 0.3) is 5.69 Å². The summed E-state index contributed by atoms with van der Waals surface area (Å²) in [5.41, 5.74) is 0.311. The van der Waals surface area contributed by atoms with Gasteiger partial charge in [-0.25, -0.2) is 4.79 Å². The molecule has 24 heavy (non-hydrogen) atoms. The van der Waals surface area contributed by atoms with Crippen LogP contribution in [-0.4, -0.2) is 38.6 Å². The van der Waals surface area contributed by atoms with E-state index in [9.17, 15) is 24.5 Å². The van der Waals surface area contributed by atoms with E-state index in [1.165, 1.54) is 18.2 Å².